The van der Waals surface area contributed by atoms with E-state index in [0.717, 1.165) is 11.1 Å². The first-order valence-corrected chi connectivity index (χ1v) is 3.67. The van der Waals surface area contributed by atoms with Gasteiger partial charge in [0.1, 0.15) is 0 Å². The number of hydrogen-bond acceptors (Lipinski definition) is 0. The van der Waals surface area contributed by atoms with Crippen LogP contribution in [0.2, 0.25) is 0 Å². The minimum Gasteiger partial charge on any atom is -0.236 e. The van der Waals surface area contributed by atoms with Crippen LogP contribution in [0.3, 0.4) is 0 Å². The minimum absolute atomic E-state index is 0.0507. The van der Waals surface area contributed by atoms with Crippen molar-refractivity contribution in [2.24, 2.45) is 0 Å². The Balaban J connectivity index is 2.92. The fourth-order valence-electron chi connectivity index (χ4n) is 1.07. The molecule has 1 rings (SSSR count). The van der Waals surface area contributed by atoms with Crippen molar-refractivity contribution in [1.29, 1.82) is 0 Å². The summed E-state index contributed by atoms with van der Waals surface area (Å²) in [6, 6.07) is 7.83. The smallest absolute Gasteiger partial charge is 0.0862 e. The highest BCUT2D eigenvalue weighted by molar-refractivity contribution is 5.51. The van der Waals surface area contributed by atoms with Crippen LogP contribution < -0.4 is 0 Å². The van der Waals surface area contributed by atoms with Crippen molar-refractivity contribution in [3.63, 3.8) is 0 Å². The Bertz CT molecular complexity index is 240. The van der Waals surface area contributed by atoms with Crippen LogP contribution >= 0.6 is 0 Å². The molecule has 1 aromatic rings. The first-order chi connectivity index (χ1) is 5.38. The second-order valence-corrected chi connectivity index (χ2v) is 2.36. The van der Waals surface area contributed by atoms with E-state index in [4.69, 9.17) is 0 Å². The van der Waals surface area contributed by atoms with Crippen LogP contribution in [0.1, 0.15) is 11.1 Å². The van der Waals surface area contributed by atoms with Gasteiger partial charge in [0, 0.05) is 0 Å². The second kappa shape index (κ2) is 3.94. The summed E-state index contributed by atoms with van der Waals surface area (Å²) in [5, 5.41) is 10.3. The van der Waals surface area contributed by atoms with Crippen LogP contribution in [0, 0.1) is 0 Å². The van der Waals surface area contributed by atoms with Crippen LogP contribution in [0.25, 0.3) is 6.08 Å². The molecule has 1 aromatic carbocycles. The Morgan fingerprint density at radius 1 is 1.36 bits per heavy atom. The van der Waals surface area contributed by atoms with E-state index in [0.29, 0.717) is 6.42 Å². The van der Waals surface area contributed by atoms with Crippen LogP contribution in [0.4, 0.5) is 0 Å². The molecule has 0 aliphatic carbocycles. The minimum atomic E-state index is -0.0507. The van der Waals surface area contributed by atoms with Crippen molar-refractivity contribution in [1.82, 2.24) is 0 Å². The van der Waals surface area contributed by atoms with Crippen molar-refractivity contribution in [2.45, 2.75) is 6.42 Å². The van der Waals surface area contributed by atoms with E-state index in [1.54, 1.807) is 6.08 Å². The van der Waals surface area contributed by atoms with Crippen molar-refractivity contribution in [3.8, 4) is 0 Å². The van der Waals surface area contributed by atoms with Gasteiger partial charge in [-0.1, -0.05) is 36.9 Å². The Hall–Kier alpha value is -1.08. The molecule has 11 heavy (non-hydrogen) atoms. The highest BCUT2D eigenvalue weighted by atomic mass is 16.2. The summed E-state index contributed by atoms with van der Waals surface area (Å²) in [5.74, 6) is 0. The zero-order valence-electron chi connectivity index (χ0n) is 6.42. The fraction of sp³-hybridized carbons (Fsp3) is 0.200. The monoisotopic (exact) mass is 147 g/mol. The van der Waals surface area contributed by atoms with E-state index in [9.17, 15) is 5.11 Å². The largest absolute Gasteiger partial charge is 0.236 e. The molecule has 0 spiro atoms. The Morgan fingerprint density at radius 3 is 2.73 bits per heavy atom. The van der Waals surface area contributed by atoms with Crippen LogP contribution in [0.15, 0.2) is 30.8 Å². The van der Waals surface area contributed by atoms with Gasteiger partial charge in [0.05, 0.1) is 6.61 Å². The first kappa shape index (κ1) is 8.02. The molecular formula is C10H11O. The molecule has 0 aliphatic heterocycles. The van der Waals surface area contributed by atoms with Gasteiger partial charge in [0.2, 0.25) is 0 Å². The molecule has 0 saturated carbocycles. The van der Waals surface area contributed by atoms with Crippen LogP contribution in [-0.4, -0.2) is 6.61 Å². The molecular weight excluding hydrogens is 136 g/mol. The molecule has 0 atom stereocenters. The van der Waals surface area contributed by atoms with E-state index in [-0.39, 0.29) is 6.61 Å². The summed E-state index contributed by atoms with van der Waals surface area (Å²) in [6.07, 6.45) is 2.38. The fourth-order valence-corrected chi connectivity index (χ4v) is 1.07. The molecule has 0 aromatic heterocycles. The summed E-state index contributed by atoms with van der Waals surface area (Å²) in [7, 11) is 0. The topological polar surface area (TPSA) is 19.9 Å². The predicted octanol–water partition coefficient (Wildman–Crippen LogP) is 2.30. The van der Waals surface area contributed by atoms with E-state index in [1.165, 1.54) is 0 Å². The molecule has 0 bridgehead atoms. The lowest BCUT2D eigenvalue weighted by atomic mass is 10.1. The summed E-state index contributed by atoms with van der Waals surface area (Å²) < 4.78 is 0. The number of benzene rings is 1. The van der Waals surface area contributed by atoms with Gasteiger partial charge < -0.3 is 0 Å². The van der Waals surface area contributed by atoms with Crippen molar-refractivity contribution >= 4 is 6.08 Å². The molecule has 57 valence electrons. The third kappa shape index (κ3) is 1.92. The molecule has 0 unspecified atom stereocenters. The highest BCUT2D eigenvalue weighted by Crippen LogP contribution is 2.09. The number of rotatable bonds is 3. The Labute approximate surface area is 67.0 Å². The first-order valence-electron chi connectivity index (χ1n) is 3.67. The van der Waals surface area contributed by atoms with Gasteiger partial charge in [-0.2, -0.15) is 0 Å². The van der Waals surface area contributed by atoms with Gasteiger partial charge in [-0.05, 0) is 17.5 Å². The molecule has 1 nitrogen and oxygen atoms in total. The molecule has 0 N–H and O–H groups in total. The zero-order chi connectivity index (χ0) is 8.10. The standard InChI is InChI=1S/C10H11O/c1-2-9-5-3-4-6-10(9)7-8-11/h2-6H,1,7-8H2. The average molecular weight is 147 g/mol. The Kier molecular flexibility index (Phi) is 2.87. The third-order valence-electron chi connectivity index (χ3n) is 1.65. The van der Waals surface area contributed by atoms with Gasteiger partial charge in [0.25, 0.3) is 0 Å². The van der Waals surface area contributed by atoms with Crippen molar-refractivity contribution in [2.75, 3.05) is 6.61 Å². The summed E-state index contributed by atoms with van der Waals surface area (Å²) in [6.45, 7) is 3.62. The average Bonchev–Trinajstić information content (AvgIpc) is 2.06. The molecule has 0 aliphatic rings. The normalized spacial score (nSPS) is 9.55. The lowest BCUT2D eigenvalue weighted by Gasteiger charge is -2.01. The maximum absolute atomic E-state index is 10.3. The lowest BCUT2D eigenvalue weighted by Crippen LogP contribution is -1.91. The zero-order valence-corrected chi connectivity index (χ0v) is 6.42. The number of hydrogen-bond donors (Lipinski definition) is 0. The van der Waals surface area contributed by atoms with Gasteiger partial charge >= 0.3 is 0 Å². The molecule has 0 heterocycles. The van der Waals surface area contributed by atoms with Crippen molar-refractivity contribution in [3.05, 3.63) is 42.0 Å². The molecule has 1 heteroatoms. The molecule has 0 amide bonds. The third-order valence-corrected chi connectivity index (χ3v) is 1.65. The van der Waals surface area contributed by atoms with Crippen molar-refractivity contribution < 1.29 is 5.11 Å². The maximum atomic E-state index is 10.3. The SMILES string of the molecule is C=Cc1ccccc1CC[O]. The summed E-state index contributed by atoms with van der Waals surface area (Å²) in [4.78, 5) is 0. The van der Waals surface area contributed by atoms with Gasteiger partial charge in [-0.25, -0.2) is 5.11 Å². The van der Waals surface area contributed by atoms with Gasteiger partial charge in [-0.15, -0.1) is 0 Å². The quantitative estimate of drug-likeness (QED) is 0.625. The summed E-state index contributed by atoms with van der Waals surface area (Å²) >= 11 is 0. The lowest BCUT2D eigenvalue weighted by molar-refractivity contribution is 0.197. The second-order valence-electron chi connectivity index (χ2n) is 2.36. The van der Waals surface area contributed by atoms with Gasteiger partial charge in [0.15, 0.2) is 0 Å². The Morgan fingerprint density at radius 2 is 2.09 bits per heavy atom. The molecule has 0 fully saturated rings. The van der Waals surface area contributed by atoms with Crippen LogP contribution in [-0.2, 0) is 11.5 Å². The highest BCUT2D eigenvalue weighted by Gasteiger charge is 1.95. The molecule has 0 saturated heterocycles. The maximum Gasteiger partial charge on any atom is 0.0862 e. The van der Waals surface area contributed by atoms with E-state index in [1.807, 2.05) is 24.3 Å². The van der Waals surface area contributed by atoms with E-state index in [2.05, 4.69) is 6.58 Å². The van der Waals surface area contributed by atoms with E-state index < -0.39 is 0 Å². The summed E-state index contributed by atoms with van der Waals surface area (Å²) in [5.41, 5.74) is 2.17. The van der Waals surface area contributed by atoms with Crippen LogP contribution in [0.5, 0.6) is 0 Å². The molecule has 1 radical (unpaired) electrons. The van der Waals surface area contributed by atoms with Gasteiger partial charge in [-0.3, -0.25) is 0 Å². The predicted molar refractivity (Wildman–Crippen MR) is 45.8 cm³/mol. The van der Waals surface area contributed by atoms with E-state index >= 15 is 0 Å².